The number of carboxylic acids is 1. The Hall–Kier alpha value is 0.586. The quantitative estimate of drug-likeness (QED) is 0.237. The van der Waals surface area contributed by atoms with Crippen LogP contribution >= 0.6 is 0 Å². The van der Waals surface area contributed by atoms with Gasteiger partial charge >= 0.3 is 51.4 Å². The maximum Gasteiger partial charge on any atom is 1.00 e. The normalized spacial score (nSPS) is 9.89. The second kappa shape index (κ2) is 8.59. The van der Waals surface area contributed by atoms with E-state index in [1.807, 2.05) is 0 Å². The van der Waals surface area contributed by atoms with Crippen LogP contribution in [0.5, 0.6) is 0 Å². The molecule has 9 heavy (non-hydrogen) atoms. The van der Waals surface area contributed by atoms with Gasteiger partial charge in [0.25, 0.3) is 0 Å². The summed E-state index contributed by atoms with van der Waals surface area (Å²) in [6.45, 7) is 1.81. The molecule has 0 aliphatic rings. The van der Waals surface area contributed by atoms with E-state index in [9.17, 15) is 9.90 Å². The number of rotatable bonds is 2. The second-order valence-corrected chi connectivity index (χ2v) is 1.20. The molecule has 3 heteroatoms. The van der Waals surface area contributed by atoms with E-state index in [4.69, 9.17) is 0 Å². The van der Waals surface area contributed by atoms with Crippen molar-refractivity contribution in [1.29, 1.82) is 0 Å². The van der Waals surface area contributed by atoms with Crippen molar-refractivity contribution in [2.45, 2.75) is 6.92 Å². The van der Waals surface area contributed by atoms with Gasteiger partial charge in [-0.1, -0.05) is 18.2 Å². The molecule has 0 amide bonds. The first-order valence-corrected chi connectivity index (χ1v) is 2.27. The Morgan fingerprint density at radius 3 is 2.33 bits per heavy atom. The number of aliphatic carboxylic acids is 1. The molecule has 0 rings (SSSR count). The number of allylic oxidation sites excluding steroid dienone is 3. The third kappa shape index (κ3) is 11.9. The van der Waals surface area contributed by atoms with E-state index in [1.165, 1.54) is 6.08 Å². The number of hydrogen-bond donors (Lipinski definition) is 0. The minimum Gasteiger partial charge on any atom is -0.545 e. The minimum absolute atomic E-state index is 0. The molecule has 0 spiro atoms. The summed E-state index contributed by atoms with van der Waals surface area (Å²) < 4.78 is 0. The first kappa shape index (κ1) is 12.3. The standard InChI is InChI=1S/C6H8O2.K/c1-2-3-4-5-6(7)8;/h2-5H,1H3,(H,7,8);/q;+1/p-1/b3-2+,5-4-;. The minimum atomic E-state index is -1.16. The Bertz CT molecular complexity index is 127. The molecular weight excluding hydrogens is 143 g/mol. The summed E-state index contributed by atoms with van der Waals surface area (Å²) in [5.74, 6) is -1.16. The fraction of sp³-hybridized carbons (Fsp3) is 0.167. The van der Waals surface area contributed by atoms with Crippen molar-refractivity contribution < 1.29 is 61.3 Å². The zero-order valence-electron chi connectivity index (χ0n) is 5.63. The molecule has 0 unspecified atom stereocenters. The van der Waals surface area contributed by atoms with Crippen LogP contribution in [-0.4, -0.2) is 5.97 Å². The molecule has 0 heterocycles. The maximum absolute atomic E-state index is 9.64. The zero-order chi connectivity index (χ0) is 6.41. The molecule has 0 bridgehead atoms. The number of carbonyl (C=O) groups excluding carboxylic acids is 1. The van der Waals surface area contributed by atoms with Crippen LogP contribution in [0.1, 0.15) is 6.92 Å². The predicted octanol–water partition coefficient (Wildman–Crippen LogP) is -3.13. The summed E-state index contributed by atoms with van der Waals surface area (Å²) in [5, 5.41) is 9.64. The van der Waals surface area contributed by atoms with Gasteiger partial charge in [0.15, 0.2) is 0 Å². The molecule has 2 nitrogen and oxygen atoms in total. The largest absolute Gasteiger partial charge is 1.00 e. The molecule has 0 N–H and O–H groups in total. The predicted molar refractivity (Wildman–Crippen MR) is 29.0 cm³/mol. The smallest absolute Gasteiger partial charge is 0.545 e. The molecule has 0 aliphatic carbocycles. The van der Waals surface area contributed by atoms with Gasteiger partial charge in [-0.15, -0.1) is 0 Å². The van der Waals surface area contributed by atoms with E-state index >= 15 is 0 Å². The zero-order valence-corrected chi connectivity index (χ0v) is 8.75. The van der Waals surface area contributed by atoms with E-state index in [1.54, 1.807) is 19.1 Å². The average molecular weight is 150 g/mol. The van der Waals surface area contributed by atoms with Crippen molar-refractivity contribution in [2.24, 2.45) is 0 Å². The van der Waals surface area contributed by atoms with Gasteiger partial charge in [-0.3, -0.25) is 0 Å². The van der Waals surface area contributed by atoms with Gasteiger partial charge in [0, 0.05) is 0 Å². The Morgan fingerprint density at radius 1 is 1.44 bits per heavy atom. The van der Waals surface area contributed by atoms with Crippen LogP contribution < -0.4 is 56.5 Å². The summed E-state index contributed by atoms with van der Waals surface area (Å²) in [5.41, 5.74) is 0. The van der Waals surface area contributed by atoms with Gasteiger partial charge in [-0.2, -0.15) is 0 Å². The molecule has 0 saturated carbocycles. The Kier molecular flexibility index (Phi) is 11.7. The molecule has 0 aromatic carbocycles. The van der Waals surface area contributed by atoms with Crippen LogP contribution in [0.2, 0.25) is 0 Å². The van der Waals surface area contributed by atoms with E-state index in [2.05, 4.69) is 0 Å². The average Bonchev–Trinajstić information content (AvgIpc) is 1.66. The fourth-order valence-corrected chi connectivity index (χ4v) is 0.245. The molecule has 0 aromatic rings. The van der Waals surface area contributed by atoms with Gasteiger partial charge in [0.05, 0.1) is 5.97 Å². The Labute approximate surface area is 97.1 Å². The van der Waals surface area contributed by atoms with Gasteiger partial charge in [0.2, 0.25) is 0 Å². The summed E-state index contributed by atoms with van der Waals surface area (Å²) in [4.78, 5) is 9.64. The first-order chi connectivity index (χ1) is 3.77. The van der Waals surface area contributed by atoms with Crippen molar-refractivity contribution in [1.82, 2.24) is 0 Å². The second-order valence-electron chi connectivity index (χ2n) is 1.20. The first-order valence-electron chi connectivity index (χ1n) is 2.27. The van der Waals surface area contributed by atoms with Gasteiger partial charge in [-0.25, -0.2) is 0 Å². The van der Waals surface area contributed by atoms with Gasteiger partial charge < -0.3 is 9.90 Å². The third-order valence-electron chi connectivity index (χ3n) is 0.536. The van der Waals surface area contributed by atoms with Crippen LogP contribution in [0.3, 0.4) is 0 Å². The van der Waals surface area contributed by atoms with Crippen molar-refractivity contribution in [3.05, 3.63) is 24.3 Å². The van der Waals surface area contributed by atoms with Gasteiger partial charge in [0.1, 0.15) is 0 Å². The van der Waals surface area contributed by atoms with Crippen molar-refractivity contribution in [3.63, 3.8) is 0 Å². The molecule has 0 aliphatic heterocycles. The molecule has 0 fully saturated rings. The number of hydrogen-bond acceptors (Lipinski definition) is 2. The summed E-state index contributed by atoms with van der Waals surface area (Å²) in [6, 6.07) is 0. The topological polar surface area (TPSA) is 40.1 Å². The van der Waals surface area contributed by atoms with Crippen LogP contribution in [0, 0.1) is 0 Å². The maximum atomic E-state index is 9.64. The van der Waals surface area contributed by atoms with Gasteiger partial charge in [-0.05, 0) is 13.0 Å². The number of carbonyl (C=O) groups is 1. The van der Waals surface area contributed by atoms with Crippen molar-refractivity contribution >= 4 is 5.97 Å². The molecular formula is C6H7KO2. The van der Waals surface area contributed by atoms with Crippen LogP contribution in [0.25, 0.3) is 0 Å². The SMILES string of the molecule is C/C=C/C=C\C(=O)[O-].[K+]. The Morgan fingerprint density at radius 2 is 2.00 bits per heavy atom. The van der Waals surface area contributed by atoms with Crippen LogP contribution in [0.4, 0.5) is 0 Å². The summed E-state index contributed by atoms with van der Waals surface area (Å²) in [7, 11) is 0. The molecule has 0 radical (unpaired) electrons. The van der Waals surface area contributed by atoms with Crippen LogP contribution in [-0.2, 0) is 4.79 Å². The van der Waals surface area contributed by atoms with Crippen molar-refractivity contribution in [3.8, 4) is 0 Å². The van der Waals surface area contributed by atoms with E-state index in [0.29, 0.717) is 0 Å². The summed E-state index contributed by atoms with van der Waals surface area (Å²) in [6.07, 6.45) is 5.74. The van der Waals surface area contributed by atoms with E-state index in [0.717, 1.165) is 6.08 Å². The van der Waals surface area contributed by atoms with E-state index in [-0.39, 0.29) is 51.4 Å². The fourth-order valence-electron chi connectivity index (χ4n) is 0.245. The Balaban J connectivity index is 0. The number of carboxylic acid groups (broad SMARTS) is 1. The monoisotopic (exact) mass is 150 g/mol. The van der Waals surface area contributed by atoms with Crippen LogP contribution in [0.15, 0.2) is 24.3 Å². The molecule has 0 saturated heterocycles. The third-order valence-corrected chi connectivity index (χ3v) is 0.536. The van der Waals surface area contributed by atoms with Crippen molar-refractivity contribution in [2.75, 3.05) is 0 Å². The molecule has 44 valence electrons. The molecule has 0 atom stereocenters. The van der Waals surface area contributed by atoms with E-state index < -0.39 is 5.97 Å². The molecule has 0 aromatic heterocycles. The summed E-state index contributed by atoms with van der Waals surface area (Å²) >= 11 is 0.